The van der Waals surface area contributed by atoms with E-state index >= 15 is 0 Å². The summed E-state index contributed by atoms with van der Waals surface area (Å²) >= 11 is 0. The highest BCUT2D eigenvalue weighted by Crippen LogP contribution is 2.22. The largest absolute Gasteiger partial charge is 0.370 e. The molecule has 8 heteroatoms. The van der Waals surface area contributed by atoms with E-state index in [-0.39, 0.29) is 5.82 Å². The highest BCUT2D eigenvalue weighted by atomic mass is 32.2. The van der Waals surface area contributed by atoms with E-state index in [2.05, 4.69) is 14.6 Å². The van der Waals surface area contributed by atoms with Crippen LogP contribution in [0.1, 0.15) is 19.3 Å². The van der Waals surface area contributed by atoms with Crippen molar-refractivity contribution in [2.75, 3.05) is 22.7 Å². The minimum absolute atomic E-state index is 0.0550. The molecule has 1 aliphatic heterocycles. The molecule has 0 saturated carbocycles. The van der Waals surface area contributed by atoms with Crippen LogP contribution in [0, 0.1) is 11.6 Å². The van der Waals surface area contributed by atoms with Gasteiger partial charge in [-0.3, -0.25) is 4.72 Å². The number of pyridine rings is 1. The molecular formula is C16H17F2N3O2S. The van der Waals surface area contributed by atoms with Crippen LogP contribution in [0.15, 0.2) is 41.4 Å². The fourth-order valence-electron chi connectivity index (χ4n) is 2.67. The summed E-state index contributed by atoms with van der Waals surface area (Å²) in [5.41, 5.74) is 0.912. The van der Waals surface area contributed by atoms with Gasteiger partial charge in [0.05, 0.1) is 11.9 Å². The Kier molecular flexibility index (Phi) is 4.66. The minimum atomic E-state index is -4.25. The van der Waals surface area contributed by atoms with Crippen molar-refractivity contribution in [3.05, 3.63) is 48.2 Å². The molecule has 1 N–H and O–H groups in total. The summed E-state index contributed by atoms with van der Waals surface area (Å²) < 4.78 is 53.5. The fraction of sp³-hybridized carbons (Fsp3) is 0.312. The number of nitrogens with zero attached hydrogens (tertiary/aromatic N) is 2. The monoisotopic (exact) mass is 353 g/mol. The predicted octanol–water partition coefficient (Wildman–Crippen LogP) is 3.15. The average Bonchev–Trinajstić information content (AvgIpc) is 2.58. The second kappa shape index (κ2) is 6.72. The van der Waals surface area contributed by atoms with Crippen LogP contribution in [0.4, 0.5) is 20.3 Å². The quantitative estimate of drug-likeness (QED) is 0.917. The normalized spacial score (nSPS) is 15.3. The van der Waals surface area contributed by atoms with Gasteiger partial charge in [0.15, 0.2) is 11.6 Å². The van der Waals surface area contributed by atoms with Crippen molar-refractivity contribution in [2.24, 2.45) is 0 Å². The summed E-state index contributed by atoms with van der Waals surface area (Å²) in [4.78, 5) is 5.50. The molecule has 0 bridgehead atoms. The number of benzene rings is 1. The van der Waals surface area contributed by atoms with Crippen LogP contribution in [0.25, 0.3) is 0 Å². The SMILES string of the molecule is O=S(=O)(Nc1ccc(N2CCCCC2)cn1)c1cccc(F)c1F. The van der Waals surface area contributed by atoms with Crippen molar-refractivity contribution < 1.29 is 17.2 Å². The molecule has 0 atom stereocenters. The van der Waals surface area contributed by atoms with Gasteiger partial charge in [0.1, 0.15) is 10.7 Å². The summed E-state index contributed by atoms with van der Waals surface area (Å²) in [7, 11) is -4.25. The smallest absolute Gasteiger partial charge is 0.266 e. The standard InChI is InChI=1S/C16H17F2N3O2S/c17-13-5-4-6-14(16(13)18)24(22,23)20-15-8-7-12(11-19-15)21-9-2-1-3-10-21/h4-8,11H,1-3,9-10H2,(H,19,20). The summed E-state index contributed by atoms with van der Waals surface area (Å²) in [5.74, 6) is -2.57. The van der Waals surface area contributed by atoms with Gasteiger partial charge >= 0.3 is 0 Å². The molecule has 1 aliphatic rings. The van der Waals surface area contributed by atoms with Crippen LogP contribution in [0.3, 0.4) is 0 Å². The molecule has 2 aromatic rings. The van der Waals surface area contributed by atoms with Crippen molar-refractivity contribution in [3.8, 4) is 0 Å². The third kappa shape index (κ3) is 3.48. The first-order valence-corrected chi connectivity index (χ1v) is 9.13. The zero-order valence-electron chi connectivity index (χ0n) is 12.9. The Morgan fingerprint density at radius 3 is 2.46 bits per heavy atom. The van der Waals surface area contributed by atoms with Gasteiger partial charge in [-0.15, -0.1) is 0 Å². The fourth-order valence-corrected chi connectivity index (χ4v) is 3.77. The van der Waals surface area contributed by atoms with Crippen LogP contribution in [-0.2, 0) is 10.0 Å². The van der Waals surface area contributed by atoms with E-state index in [0.29, 0.717) is 0 Å². The van der Waals surface area contributed by atoms with Crippen molar-refractivity contribution in [1.29, 1.82) is 0 Å². The van der Waals surface area contributed by atoms with Crippen LogP contribution in [-0.4, -0.2) is 26.5 Å². The maximum Gasteiger partial charge on any atom is 0.266 e. The number of halogens is 2. The highest BCUT2D eigenvalue weighted by molar-refractivity contribution is 7.92. The average molecular weight is 353 g/mol. The summed E-state index contributed by atoms with van der Waals surface area (Å²) in [6.45, 7) is 1.89. The lowest BCUT2D eigenvalue weighted by Crippen LogP contribution is -2.29. The zero-order valence-corrected chi connectivity index (χ0v) is 13.7. The number of anilines is 2. The minimum Gasteiger partial charge on any atom is -0.370 e. The van der Waals surface area contributed by atoms with Crippen molar-refractivity contribution in [3.63, 3.8) is 0 Å². The molecule has 0 aliphatic carbocycles. The van der Waals surface area contributed by atoms with E-state index in [1.165, 1.54) is 12.5 Å². The number of aromatic nitrogens is 1. The molecule has 0 radical (unpaired) electrons. The molecule has 128 valence electrons. The Morgan fingerprint density at radius 2 is 1.79 bits per heavy atom. The van der Waals surface area contributed by atoms with Gasteiger partial charge in [-0.2, -0.15) is 0 Å². The summed E-state index contributed by atoms with van der Waals surface area (Å²) in [5, 5.41) is 0. The first-order valence-electron chi connectivity index (χ1n) is 7.65. The number of hydrogen-bond acceptors (Lipinski definition) is 4. The molecule has 0 amide bonds. The van der Waals surface area contributed by atoms with Gasteiger partial charge in [0.25, 0.3) is 10.0 Å². The van der Waals surface area contributed by atoms with Crippen molar-refractivity contribution in [1.82, 2.24) is 4.98 Å². The molecule has 3 rings (SSSR count). The van der Waals surface area contributed by atoms with Crippen molar-refractivity contribution >= 4 is 21.5 Å². The van der Waals surface area contributed by atoms with Gasteiger partial charge < -0.3 is 4.90 Å². The first kappa shape index (κ1) is 16.6. The molecule has 1 fully saturated rings. The Bertz CT molecular complexity index is 820. The Labute approximate surface area is 139 Å². The third-order valence-electron chi connectivity index (χ3n) is 3.91. The molecule has 1 saturated heterocycles. The zero-order chi connectivity index (χ0) is 17.2. The molecule has 1 aromatic heterocycles. The van der Waals surface area contributed by atoms with E-state index in [1.807, 2.05) is 0 Å². The molecule has 1 aromatic carbocycles. The van der Waals surface area contributed by atoms with E-state index in [9.17, 15) is 17.2 Å². The lowest BCUT2D eigenvalue weighted by molar-refractivity contribution is 0.485. The number of sulfonamides is 1. The lowest BCUT2D eigenvalue weighted by atomic mass is 10.1. The van der Waals surface area contributed by atoms with Gasteiger partial charge in [-0.05, 0) is 43.5 Å². The van der Waals surface area contributed by atoms with Gasteiger partial charge in [0.2, 0.25) is 0 Å². The van der Waals surface area contributed by atoms with Crippen LogP contribution in [0.2, 0.25) is 0 Å². The molecule has 5 nitrogen and oxygen atoms in total. The second-order valence-corrected chi connectivity index (χ2v) is 7.26. The van der Waals surface area contributed by atoms with Crippen LogP contribution >= 0.6 is 0 Å². The number of nitrogens with one attached hydrogen (secondary N) is 1. The van der Waals surface area contributed by atoms with Crippen molar-refractivity contribution in [2.45, 2.75) is 24.2 Å². The van der Waals surface area contributed by atoms with Crippen LogP contribution < -0.4 is 9.62 Å². The number of piperidine rings is 1. The Hall–Kier alpha value is -2.22. The van der Waals surface area contributed by atoms with Crippen LogP contribution in [0.5, 0.6) is 0 Å². The Morgan fingerprint density at radius 1 is 1.04 bits per heavy atom. The topological polar surface area (TPSA) is 62.3 Å². The third-order valence-corrected chi connectivity index (χ3v) is 5.29. The summed E-state index contributed by atoms with van der Waals surface area (Å²) in [6.07, 6.45) is 5.02. The first-order chi connectivity index (χ1) is 11.5. The maximum atomic E-state index is 13.7. The maximum absolute atomic E-state index is 13.7. The van der Waals surface area contributed by atoms with E-state index in [4.69, 9.17) is 0 Å². The Balaban J connectivity index is 1.79. The van der Waals surface area contributed by atoms with E-state index in [0.717, 1.165) is 49.8 Å². The predicted molar refractivity (Wildman–Crippen MR) is 87.5 cm³/mol. The number of hydrogen-bond donors (Lipinski definition) is 1. The van der Waals surface area contributed by atoms with E-state index < -0.39 is 26.6 Å². The van der Waals surface area contributed by atoms with Gasteiger partial charge in [-0.1, -0.05) is 6.07 Å². The molecular weight excluding hydrogens is 336 g/mol. The van der Waals surface area contributed by atoms with Gasteiger partial charge in [-0.25, -0.2) is 22.2 Å². The molecule has 0 spiro atoms. The molecule has 24 heavy (non-hydrogen) atoms. The molecule has 0 unspecified atom stereocenters. The lowest BCUT2D eigenvalue weighted by Gasteiger charge is -2.28. The molecule has 2 heterocycles. The second-order valence-electron chi connectivity index (χ2n) is 5.61. The number of rotatable bonds is 4. The van der Waals surface area contributed by atoms with Gasteiger partial charge in [0, 0.05) is 13.1 Å². The summed E-state index contributed by atoms with van der Waals surface area (Å²) in [6, 6.07) is 6.28. The van der Waals surface area contributed by atoms with E-state index in [1.54, 1.807) is 12.3 Å². The highest BCUT2D eigenvalue weighted by Gasteiger charge is 2.22.